The number of nitrogens with one attached hydrogen (secondary N) is 1. The minimum atomic E-state index is -1.04. The molecule has 0 aromatic carbocycles. The molecule has 1 aliphatic rings. The van der Waals surface area contributed by atoms with Crippen molar-refractivity contribution >= 4 is 11.9 Å². The highest BCUT2D eigenvalue weighted by Crippen LogP contribution is 2.03. The van der Waals surface area contributed by atoms with Crippen molar-refractivity contribution in [2.24, 2.45) is 0 Å². The van der Waals surface area contributed by atoms with Gasteiger partial charge in [-0.25, -0.2) is 4.79 Å². The lowest BCUT2D eigenvalue weighted by atomic mass is 10.4. The summed E-state index contributed by atoms with van der Waals surface area (Å²) in [5.41, 5.74) is 0. The molecule has 90 valence electrons. The number of hydrogen-bond donors (Lipinski definition) is 2. The van der Waals surface area contributed by atoms with Crippen LogP contribution in [0.3, 0.4) is 0 Å². The molecule has 0 saturated heterocycles. The summed E-state index contributed by atoms with van der Waals surface area (Å²) in [7, 11) is 0. The van der Waals surface area contributed by atoms with E-state index < -0.39 is 11.9 Å². The largest absolute Gasteiger partial charge is 0.494 e. The van der Waals surface area contributed by atoms with Gasteiger partial charge in [0.05, 0.1) is 6.61 Å². The summed E-state index contributed by atoms with van der Waals surface area (Å²) in [5.74, 6) is -1.33. The predicted molar refractivity (Wildman–Crippen MR) is 51.5 cm³/mol. The van der Waals surface area contributed by atoms with E-state index in [2.05, 4.69) is 5.32 Å². The van der Waals surface area contributed by atoms with Crippen LogP contribution in [0.1, 0.15) is 0 Å². The molecule has 1 heterocycles. The number of carbonyl (C=O) groups excluding carboxylic acids is 1. The SMILES string of the molecule is O=C(O)COCCNC(=O)C1=COCCO1. The highest BCUT2D eigenvalue weighted by Gasteiger charge is 2.13. The molecule has 0 saturated carbocycles. The van der Waals surface area contributed by atoms with Gasteiger partial charge in [0.15, 0.2) is 0 Å². The van der Waals surface area contributed by atoms with E-state index in [0.29, 0.717) is 13.2 Å². The van der Waals surface area contributed by atoms with Crippen LogP contribution in [0.25, 0.3) is 0 Å². The van der Waals surface area contributed by atoms with E-state index in [1.54, 1.807) is 0 Å². The van der Waals surface area contributed by atoms with E-state index in [-0.39, 0.29) is 25.5 Å². The Kier molecular flexibility index (Phi) is 5.13. The molecule has 0 aromatic rings. The zero-order valence-corrected chi connectivity index (χ0v) is 8.60. The molecule has 2 N–H and O–H groups in total. The maximum atomic E-state index is 11.3. The molecule has 0 atom stereocenters. The number of aliphatic carboxylic acids is 1. The number of carbonyl (C=O) groups is 2. The van der Waals surface area contributed by atoms with Crippen molar-refractivity contribution in [3.63, 3.8) is 0 Å². The zero-order chi connectivity index (χ0) is 11.8. The maximum Gasteiger partial charge on any atom is 0.329 e. The van der Waals surface area contributed by atoms with Crippen LogP contribution in [0.2, 0.25) is 0 Å². The van der Waals surface area contributed by atoms with Crippen LogP contribution in [-0.4, -0.2) is 50.0 Å². The Morgan fingerprint density at radius 3 is 2.94 bits per heavy atom. The van der Waals surface area contributed by atoms with Crippen molar-refractivity contribution in [1.29, 1.82) is 0 Å². The molecule has 1 aliphatic heterocycles. The summed E-state index contributed by atoms with van der Waals surface area (Å²) in [5, 5.41) is 10.8. The lowest BCUT2D eigenvalue weighted by Crippen LogP contribution is -2.31. The minimum absolute atomic E-state index is 0.115. The summed E-state index contributed by atoms with van der Waals surface area (Å²) in [6.45, 7) is 0.741. The number of carboxylic acids is 1. The molecular weight excluding hydrogens is 218 g/mol. The lowest BCUT2D eigenvalue weighted by Gasteiger charge is -2.14. The predicted octanol–water partition coefficient (Wildman–Crippen LogP) is -0.908. The number of carboxylic acid groups (broad SMARTS) is 1. The first-order chi connectivity index (χ1) is 7.70. The number of rotatable bonds is 6. The Morgan fingerprint density at radius 2 is 2.31 bits per heavy atom. The highest BCUT2D eigenvalue weighted by atomic mass is 16.6. The Labute approximate surface area is 92.0 Å². The third-order valence-corrected chi connectivity index (χ3v) is 1.63. The zero-order valence-electron chi connectivity index (χ0n) is 8.60. The fourth-order valence-electron chi connectivity index (χ4n) is 0.971. The van der Waals surface area contributed by atoms with Crippen molar-refractivity contribution in [3.8, 4) is 0 Å². The molecule has 7 nitrogen and oxygen atoms in total. The second-order valence-corrected chi connectivity index (χ2v) is 2.90. The van der Waals surface area contributed by atoms with Crippen molar-refractivity contribution in [1.82, 2.24) is 5.32 Å². The van der Waals surface area contributed by atoms with E-state index in [1.165, 1.54) is 6.26 Å². The average molecular weight is 231 g/mol. The first kappa shape index (κ1) is 12.3. The van der Waals surface area contributed by atoms with Crippen LogP contribution in [0, 0.1) is 0 Å². The number of amides is 1. The first-order valence-electron chi connectivity index (χ1n) is 4.72. The van der Waals surface area contributed by atoms with Gasteiger partial charge in [-0.15, -0.1) is 0 Å². The molecular formula is C9H13NO6. The molecule has 0 aromatic heterocycles. The summed E-state index contributed by atoms with van der Waals surface area (Å²) < 4.78 is 14.7. The van der Waals surface area contributed by atoms with Crippen molar-refractivity contribution < 1.29 is 28.9 Å². The summed E-state index contributed by atoms with van der Waals surface area (Å²) in [6, 6.07) is 0. The molecule has 16 heavy (non-hydrogen) atoms. The molecule has 1 rings (SSSR count). The van der Waals surface area contributed by atoms with Gasteiger partial charge in [0.25, 0.3) is 5.91 Å². The average Bonchev–Trinajstić information content (AvgIpc) is 2.29. The van der Waals surface area contributed by atoms with Gasteiger partial charge in [0, 0.05) is 6.54 Å². The van der Waals surface area contributed by atoms with E-state index in [0.717, 1.165) is 0 Å². The standard InChI is InChI=1S/C9H13NO6/c11-8(12)6-14-2-1-10-9(13)7-5-15-3-4-16-7/h5H,1-4,6H2,(H,10,13)(H,11,12). The van der Waals surface area contributed by atoms with Gasteiger partial charge < -0.3 is 24.6 Å². The van der Waals surface area contributed by atoms with E-state index >= 15 is 0 Å². The molecule has 0 aliphatic carbocycles. The molecule has 0 fully saturated rings. The van der Waals surface area contributed by atoms with Gasteiger partial charge in [0.1, 0.15) is 26.1 Å². The smallest absolute Gasteiger partial charge is 0.329 e. The third-order valence-electron chi connectivity index (χ3n) is 1.63. The Hall–Kier alpha value is -1.76. The normalized spacial score (nSPS) is 14.4. The molecule has 0 bridgehead atoms. The van der Waals surface area contributed by atoms with Gasteiger partial charge in [-0.1, -0.05) is 0 Å². The van der Waals surface area contributed by atoms with Gasteiger partial charge in [-0.05, 0) is 0 Å². The van der Waals surface area contributed by atoms with E-state index in [9.17, 15) is 9.59 Å². The fourth-order valence-corrected chi connectivity index (χ4v) is 0.971. The monoisotopic (exact) mass is 231 g/mol. The van der Waals surface area contributed by atoms with Gasteiger partial charge in [-0.3, -0.25) is 4.79 Å². The van der Waals surface area contributed by atoms with Crippen molar-refractivity contribution in [2.75, 3.05) is 33.0 Å². The molecule has 0 radical (unpaired) electrons. The molecule has 7 heteroatoms. The van der Waals surface area contributed by atoms with Crippen LogP contribution in [0.15, 0.2) is 12.0 Å². The number of ether oxygens (including phenoxy) is 3. The topological polar surface area (TPSA) is 94.1 Å². The van der Waals surface area contributed by atoms with Crippen LogP contribution < -0.4 is 5.32 Å². The van der Waals surface area contributed by atoms with E-state index in [1.807, 2.05) is 0 Å². The first-order valence-corrected chi connectivity index (χ1v) is 4.72. The summed E-state index contributed by atoms with van der Waals surface area (Å²) in [6.07, 6.45) is 1.25. The second-order valence-electron chi connectivity index (χ2n) is 2.90. The second kappa shape index (κ2) is 6.67. The van der Waals surface area contributed by atoms with Gasteiger partial charge in [-0.2, -0.15) is 0 Å². The lowest BCUT2D eigenvalue weighted by molar-refractivity contribution is -0.142. The van der Waals surface area contributed by atoms with Crippen LogP contribution in [0.4, 0.5) is 0 Å². The van der Waals surface area contributed by atoms with Crippen molar-refractivity contribution in [2.45, 2.75) is 0 Å². The van der Waals surface area contributed by atoms with Gasteiger partial charge >= 0.3 is 5.97 Å². The van der Waals surface area contributed by atoms with Gasteiger partial charge in [0.2, 0.25) is 5.76 Å². The Balaban J connectivity index is 2.10. The Morgan fingerprint density at radius 1 is 1.50 bits per heavy atom. The summed E-state index contributed by atoms with van der Waals surface area (Å²) >= 11 is 0. The highest BCUT2D eigenvalue weighted by molar-refractivity contribution is 5.91. The van der Waals surface area contributed by atoms with Crippen molar-refractivity contribution in [3.05, 3.63) is 12.0 Å². The van der Waals surface area contributed by atoms with Crippen LogP contribution >= 0.6 is 0 Å². The maximum absolute atomic E-state index is 11.3. The quantitative estimate of drug-likeness (QED) is 0.575. The minimum Gasteiger partial charge on any atom is -0.494 e. The van der Waals surface area contributed by atoms with E-state index in [4.69, 9.17) is 19.3 Å². The summed E-state index contributed by atoms with van der Waals surface area (Å²) in [4.78, 5) is 21.4. The molecule has 1 amide bonds. The third kappa shape index (κ3) is 4.65. The fraction of sp³-hybridized carbons (Fsp3) is 0.556. The molecule has 0 unspecified atom stereocenters. The number of hydrogen-bond acceptors (Lipinski definition) is 5. The Bertz CT molecular complexity index is 288. The molecule has 0 spiro atoms. The van der Waals surface area contributed by atoms with Crippen LogP contribution in [0.5, 0.6) is 0 Å². The van der Waals surface area contributed by atoms with Crippen LogP contribution in [-0.2, 0) is 23.8 Å².